The maximum Gasteiger partial charge on any atom is 0.232 e. The number of carbonyl (C=O) groups excluding carboxylic acids is 2. The van der Waals surface area contributed by atoms with E-state index >= 15 is 0 Å². The summed E-state index contributed by atoms with van der Waals surface area (Å²) in [5.74, 6) is 0.324. The van der Waals surface area contributed by atoms with Crippen LogP contribution in [0.4, 0.5) is 0 Å². The van der Waals surface area contributed by atoms with E-state index in [4.69, 9.17) is 4.74 Å². The predicted octanol–water partition coefficient (Wildman–Crippen LogP) is 2.59. The van der Waals surface area contributed by atoms with Gasteiger partial charge >= 0.3 is 0 Å². The molecule has 1 unspecified atom stereocenters. The first-order valence-electron chi connectivity index (χ1n) is 9.73. The van der Waals surface area contributed by atoms with Crippen LogP contribution in [0.2, 0.25) is 0 Å². The Bertz CT molecular complexity index is 615. The summed E-state index contributed by atoms with van der Waals surface area (Å²) < 4.78 is 5.60. The Hall–Kier alpha value is -1.88. The monoisotopic (exact) mass is 358 g/mol. The van der Waals surface area contributed by atoms with Crippen molar-refractivity contribution in [2.24, 2.45) is 0 Å². The van der Waals surface area contributed by atoms with Gasteiger partial charge in [0.15, 0.2) is 0 Å². The molecule has 2 fully saturated rings. The number of nitrogens with zero attached hydrogens (tertiary/aromatic N) is 2. The number of piperazine rings is 1. The molecule has 5 heteroatoms. The number of ether oxygens (including phenoxy) is 1. The van der Waals surface area contributed by atoms with Gasteiger partial charge in [0.05, 0.1) is 11.5 Å². The van der Waals surface area contributed by atoms with Gasteiger partial charge in [-0.3, -0.25) is 9.59 Å². The van der Waals surface area contributed by atoms with Crippen LogP contribution in [0.15, 0.2) is 30.3 Å². The minimum atomic E-state index is -0.548. The summed E-state index contributed by atoms with van der Waals surface area (Å²) in [6.07, 6.45) is 3.81. The lowest BCUT2D eigenvalue weighted by Gasteiger charge is -2.39. The quantitative estimate of drug-likeness (QED) is 0.813. The molecule has 5 nitrogen and oxygen atoms in total. The van der Waals surface area contributed by atoms with Crippen LogP contribution >= 0.6 is 0 Å². The van der Waals surface area contributed by atoms with E-state index in [0.29, 0.717) is 32.6 Å². The molecule has 3 rings (SSSR count). The van der Waals surface area contributed by atoms with Crippen molar-refractivity contribution < 1.29 is 14.3 Å². The Morgan fingerprint density at radius 3 is 2.35 bits per heavy atom. The first-order chi connectivity index (χ1) is 12.5. The van der Waals surface area contributed by atoms with Crippen LogP contribution in [0.3, 0.4) is 0 Å². The Morgan fingerprint density at radius 2 is 1.73 bits per heavy atom. The average molecular weight is 358 g/mol. The largest absolute Gasteiger partial charge is 0.378 e. The minimum absolute atomic E-state index is 0.134. The van der Waals surface area contributed by atoms with Gasteiger partial charge in [-0.2, -0.15) is 0 Å². The van der Waals surface area contributed by atoms with Crippen molar-refractivity contribution in [3.05, 3.63) is 35.9 Å². The van der Waals surface area contributed by atoms with Crippen molar-refractivity contribution in [2.45, 2.75) is 51.0 Å². The molecular formula is C21H30N2O3. The lowest BCUT2D eigenvalue weighted by atomic mass is 9.83. The summed E-state index contributed by atoms with van der Waals surface area (Å²) in [6, 6.07) is 9.90. The molecule has 1 aromatic carbocycles. The van der Waals surface area contributed by atoms with Crippen LogP contribution in [0.25, 0.3) is 0 Å². The van der Waals surface area contributed by atoms with Gasteiger partial charge in [0.25, 0.3) is 0 Å². The Balaban J connectivity index is 1.49. The number of benzene rings is 1. The maximum absolute atomic E-state index is 13.0. The van der Waals surface area contributed by atoms with Gasteiger partial charge in [0, 0.05) is 39.2 Å². The molecule has 142 valence electrons. The zero-order chi connectivity index (χ0) is 18.6. The van der Waals surface area contributed by atoms with Crippen LogP contribution in [0, 0.1) is 0 Å². The van der Waals surface area contributed by atoms with E-state index in [1.54, 1.807) is 0 Å². The topological polar surface area (TPSA) is 49.9 Å². The van der Waals surface area contributed by atoms with Crippen LogP contribution in [-0.4, -0.2) is 60.5 Å². The predicted molar refractivity (Wildman–Crippen MR) is 101 cm³/mol. The molecule has 0 bridgehead atoms. The highest BCUT2D eigenvalue weighted by Gasteiger charge is 2.35. The van der Waals surface area contributed by atoms with Crippen molar-refractivity contribution in [2.75, 3.05) is 32.8 Å². The highest BCUT2D eigenvalue weighted by Crippen LogP contribution is 2.26. The minimum Gasteiger partial charge on any atom is -0.378 e. The second-order valence-corrected chi connectivity index (χ2v) is 7.84. The van der Waals surface area contributed by atoms with Gasteiger partial charge in [-0.25, -0.2) is 0 Å². The highest BCUT2D eigenvalue weighted by atomic mass is 16.5. The van der Waals surface area contributed by atoms with Crippen molar-refractivity contribution in [3.63, 3.8) is 0 Å². The fourth-order valence-electron chi connectivity index (χ4n) is 3.85. The second-order valence-electron chi connectivity index (χ2n) is 7.84. The molecule has 0 N–H and O–H groups in total. The van der Waals surface area contributed by atoms with Crippen molar-refractivity contribution in [1.29, 1.82) is 0 Å². The van der Waals surface area contributed by atoms with Gasteiger partial charge in [-0.1, -0.05) is 30.3 Å². The molecule has 2 aliphatic heterocycles. The lowest BCUT2D eigenvalue weighted by Crippen LogP contribution is -2.54. The summed E-state index contributed by atoms with van der Waals surface area (Å²) in [5.41, 5.74) is 0.479. The van der Waals surface area contributed by atoms with Gasteiger partial charge in [-0.15, -0.1) is 0 Å². The van der Waals surface area contributed by atoms with E-state index in [1.165, 1.54) is 0 Å². The first-order valence-corrected chi connectivity index (χ1v) is 9.73. The summed E-state index contributed by atoms with van der Waals surface area (Å²) in [7, 11) is 0. The standard InChI is InChI=1S/C21H30N2O3/c1-21(2,17-7-4-3-5-8-17)20(25)23-14-12-22(13-15-23)19(24)11-10-18-9-6-16-26-18/h3-5,7-8,18H,6,9-16H2,1-2H3. The smallest absolute Gasteiger partial charge is 0.232 e. The van der Waals surface area contributed by atoms with Crippen LogP contribution < -0.4 is 0 Å². The zero-order valence-corrected chi connectivity index (χ0v) is 15.9. The zero-order valence-electron chi connectivity index (χ0n) is 15.9. The number of carbonyl (C=O) groups is 2. The van der Waals surface area contributed by atoms with Gasteiger partial charge in [0.1, 0.15) is 0 Å². The second kappa shape index (κ2) is 8.21. The molecule has 26 heavy (non-hydrogen) atoms. The third-order valence-electron chi connectivity index (χ3n) is 5.65. The summed E-state index contributed by atoms with van der Waals surface area (Å²) in [4.78, 5) is 29.2. The Kier molecular flexibility index (Phi) is 5.97. The number of amides is 2. The fraction of sp³-hybridized carbons (Fsp3) is 0.619. The molecular weight excluding hydrogens is 328 g/mol. The molecule has 0 aromatic heterocycles. The third kappa shape index (κ3) is 4.26. The van der Waals surface area contributed by atoms with E-state index in [-0.39, 0.29) is 17.9 Å². The Labute approximate surface area is 156 Å². The first kappa shape index (κ1) is 18.9. The van der Waals surface area contributed by atoms with Crippen molar-refractivity contribution >= 4 is 11.8 Å². The van der Waals surface area contributed by atoms with E-state index in [1.807, 2.05) is 54.0 Å². The fourth-order valence-corrected chi connectivity index (χ4v) is 3.85. The molecule has 0 spiro atoms. The molecule has 1 aromatic rings. The summed E-state index contributed by atoms with van der Waals surface area (Å²) in [5, 5.41) is 0. The summed E-state index contributed by atoms with van der Waals surface area (Å²) in [6.45, 7) is 7.26. The van der Waals surface area contributed by atoms with Gasteiger partial charge in [-0.05, 0) is 38.7 Å². The number of hydrogen-bond acceptors (Lipinski definition) is 3. The molecule has 2 aliphatic rings. The SMILES string of the molecule is CC(C)(C(=O)N1CCN(C(=O)CCC2CCCO2)CC1)c1ccccc1. The van der Waals surface area contributed by atoms with Crippen molar-refractivity contribution in [3.8, 4) is 0 Å². The highest BCUT2D eigenvalue weighted by molar-refractivity contribution is 5.87. The summed E-state index contributed by atoms with van der Waals surface area (Å²) >= 11 is 0. The molecule has 2 heterocycles. The normalized spacial score (nSPS) is 21.1. The van der Waals surface area contributed by atoms with Crippen LogP contribution in [0.1, 0.15) is 45.1 Å². The van der Waals surface area contributed by atoms with Gasteiger partial charge in [0.2, 0.25) is 11.8 Å². The van der Waals surface area contributed by atoms with Gasteiger partial charge < -0.3 is 14.5 Å². The van der Waals surface area contributed by atoms with E-state index < -0.39 is 5.41 Å². The van der Waals surface area contributed by atoms with Crippen LogP contribution in [0.5, 0.6) is 0 Å². The van der Waals surface area contributed by atoms with E-state index in [9.17, 15) is 9.59 Å². The van der Waals surface area contributed by atoms with Crippen LogP contribution in [-0.2, 0) is 19.7 Å². The Morgan fingerprint density at radius 1 is 1.08 bits per heavy atom. The average Bonchev–Trinajstić information content (AvgIpc) is 3.20. The molecule has 2 saturated heterocycles. The lowest BCUT2D eigenvalue weighted by molar-refractivity contribution is -0.142. The van der Waals surface area contributed by atoms with E-state index in [2.05, 4.69) is 0 Å². The molecule has 2 amide bonds. The molecule has 0 saturated carbocycles. The molecule has 0 aliphatic carbocycles. The molecule has 0 radical (unpaired) electrons. The van der Waals surface area contributed by atoms with Crippen molar-refractivity contribution in [1.82, 2.24) is 9.80 Å². The third-order valence-corrected chi connectivity index (χ3v) is 5.65. The number of hydrogen-bond donors (Lipinski definition) is 0. The number of rotatable bonds is 5. The maximum atomic E-state index is 13.0. The molecule has 1 atom stereocenters. The van der Waals surface area contributed by atoms with E-state index in [0.717, 1.165) is 31.4 Å².